The van der Waals surface area contributed by atoms with Gasteiger partial charge in [0.05, 0.1) is 11.3 Å². The van der Waals surface area contributed by atoms with Crippen LogP contribution in [0, 0.1) is 5.82 Å². The van der Waals surface area contributed by atoms with Crippen molar-refractivity contribution in [3.63, 3.8) is 0 Å². The highest BCUT2D eigenvalue weighted by Gasteiger charge is 2.34. The summed E-state index contributed by atoms with van der Waals surface area (Å²) in [5.41, 5.74) is -1.73. The van der Waals surface area contributed by atoms with Gasteiger partial charge in [-0.1, -0.05) is 0 Å². The van der Waals surface area contributed by atoms with Crippen molar-refractivity contribution in [3.05, 3.63) is 29.6 Å². The van der Waals surface area contributed by atoms with Crippen LogP contribution in [-0.4, -0.2) is 6.08 Å². The molecule has 0 radical (unpaired) electrons. The Balaban J connectivity index is 3.28. The molecule has 0 unspecified atom stereocenters. The average molecular weight is 205 g/mol. The minimum Gasteiger partial charge on any atom is -0.211 e. The second-order valence-electron chi connectivity index (χ2n) is 2.36. The molecule has 2 nitrogen and oxygen atoms in total. The van der Waals surface area contributed by atoms with Crippen LogP contribution in [0.5, 0.6) is 0 Å². The van der Waals surface area contributed by atoms with Crippen LogP contribution in [-0.2, 0) is 11.0 Å². The molecule has 14 heavy (non-hydrogen) atoms. The van der Waals surface area contributed by atoms with Crippen molar-refractivity contribution in [1.82, 2.24) is 0 Å². The van der Waals surface area contributed by atoms with Crippen molar-refractivity contribution < 1.29 is 22.4 Å². The maximum absolute atomic E-state index is 12.6. The SMILES string of the molecule is O=C=Nc1ccc(F)c(C(F)(F)F)c1. The van der Waals surface area contributed by atoms with Gasteiger partial charge in [0, 0.05) is 0 Å². The fraction of sp³-hybridized carbons (Fsp3) is 0.125. The number of alkyl halides is 3. The van der Waals surface area contributed by atoms with Crippen LogP contribution in [0.25, 0.3) is 0 Å². The second-order valence-corrected chi connectivity index (χ2v) is 2.36. The molecule has 0 fully saturated rings. The average Bonchev–Trinajstić information content (AvgIpc) is 2.07. The summed E-state index contributed by atoms with van der Waals surface area (Å²) in [6.07, 6.45) is -3.73. The van der Waals surface area contributed by atoms with E-state index in [0.717, 1.165) is 12.1 Å². The Kier molecular flexibility index (Phi) is 2.67. The van der Waals surface area contributed by atoms with E-state index in [1.165, 1.54) is 0 Å². The molecule has 0 aliphatic rings. The molecular formula is C8H3F4NO. The van der Waals surface area contributed by atoms with Crippen LogP contribution >= 0.6 is 0 Å². The van der Waals surface area contributed by atoms with E-state index < -0.39 is 17.6 Å². The molecule has 0 aliphatic carbocycles. The molecule has 0 saturated carbocycles. The second kappa shape index (κ2) is 3.59. The number of carbonyl (C=O) groups excluding carboxylic acids is 1. The Morgan fingerprint density at radius 2 is 1.93 bits per heavy atom. The van der Waals surface area contributed by atoms with E-state index in [2.05, 4.69) is 4.99 Å². The molecule has 0 bridgehead atoms. The Bertz CT molecular complexity index is 393. The van der Waals surface area contributed by atoms with Gasteiger partial charge >= 0.3 is 6.18 Å². The van der Waals surface area contributed by atoms with Gasteiger partial charge in [-0.05, 0) is 18.2 Å². The van der Waals surface area contributed by atoms with E-state index in [1.54, 1.807) is 0 Å². The fourth-order valence-corrected chi connectivity index (χ4v) is 0.853. The van der Waals surface area contributed by atoms with Gasteiger partial charge < -0.3 is 0 Å². The van der Waals surface area contributed by atoms with Crippen molar-refractivity contribution in [1.29, 1.82) is 0 Å². The standard InChI is InChI=1S/C8H3F4NO/c9-7-2-1-5(13-4-14)3-6(7)8(10,11)12/h1-3H. The largest absolute Gasteiger partial charge is 0.419 e. The van der Waals surface area contributed by atoms with Gasteiger partial charge in [-0.25, -0.2) is 9.18 Å². The molecule has 0 aliphatic heterocycles. The van der Waals surface area contributed by atoms with Crippen molar-refractivity contribution in [2.45, 2.75) is 6.18 Å². The molecule has 0 amide bonds. The van der Waals surface area contributed by atoms with E-state index in [1.807, 2.05) is 0 Å². The zero-order valence-corrected chi connectivity index (χ0v) is 6.60. The third-order valence-corrected chi connectivity index (χ3v) is 1.43. The first-order chi connectivity index (χ1) is 6.45. The lowest BCUT2D eigenvalue weighted by Crippen LogP contribution is -2.07. The number of aliphatic imine (C=N–C) groups is 1. The van der Waals surface area contributed by atoms with Crippen LogP contribution < -0.4 is 0 Å². The smallest absolute Gasteiger partial charge is 0.211 e. The molecule has 0 saturated heterocycles. The van der Waals surface area contributed by atoms with Crippen molar-refractivity contribution in [2.24, 2.45) is 4.99 Å². The molecule has 0 aromatic heterocycles. The number of isocyanates is 1. The van der Waals surface area contributed by atoms with E-state index in [-0.39, 0.29) is 5.69 Å². The third kappa shape index (κ3) is 2.17. The predicted molar refractivity (Wildman–Crippen MR) is 39.2 cm³/mol. The van der Waals surface area contributed by atoms with Gasteiger partial charge in [0.15, 0.2) is 0 Å². The van der Waals surface area contributed by atoms with E-state index in [9.17, 15) is 22.4 Å². The Morgan fingerprint density at radius 1 is 1.29 bits per heavy atom. The van der Waals surface area contributed by atoms with Gasteiger partial charge in [0.1, 0.15) is 5.82 Å². The van der Waals surface area contributed by atoms with Crippen molar-refractivity contribution >= 4 is 11.8 Å². The first kappa shape index (κ1) is 10.4. The first-order valence-corrected chi connectivity index (χ1v) is 3.40. The van der Waals surface area contributed by atoms with Crippen molar-refractivity contribution in [2.75, 3.05) is 0 Å². The zero-order valence-electron chi connectivity index (χ0n) is 6.60. The van der Waals surface area contributed by atoms with Gasteiger partial charge in [-0.15, -0.1) is 0 Å². The molecule has 0 spiro atoms. The summed E-state index contributed by atoms with van der Waals surface area (Å²) in [5.74, 6) is -1.40. The summed E-state index contributed by atoms with van der Waals surface area (Å²) in [7, 11) is 0. The molecule has 1 aromatic carbocycles. The molecule has 6 heteroatoms. The van der Waals surface area contributed by atoms with Crippen LogP contribution in [0.1, 0.15) is 5.56 Å². The van der Waals surface area contributed by atoms with Crippen LogP contribution in [0.2, 0.25) is 0 Å². The van der Waals surface area contributed by atoms with Gasteiger partial charge in [0.2, 0.25) is 6.08 Å². The Morgan fingerprint density at radius 3 is 2.43 bits per heavy atom. The summed E-state index contributed by atoms with van der Waals surface area (Å²) in [6.45, 7) is 0. The number of hydrogen-bond donors (Lipinski definition) is 0. The molecular weight excluding hydrogens is 202 g/mol. The summed E-state index contributed by atoms with van der Waals surface area (Å²) >= 11 is 0. The molecule has 1 rings (SSSR count). The van der Waals surface area contributed by atoms with E-state index in [4.69, 9.17) is 0 Å². The molecule has 0 heterocycles. The third-order valence-electron chi connectivity index (χ3n) is 1.43. The monoisotopic (exact) mass is 205 g/mol. The normalized spacial score (nSPS) is 10.9. The highest BCUT2D eigenvalue weighted by molar-refractivity contribution is 5.50. The zero-order chi connectivity index (χ0) is 10.8. The minimum absolute atomic E-state index is 0.284. The Hall–Kier alpha value is -1.68. The number of benzene rings is 1. The highest BCUT2D eigenvalue weighted by atomic mass is 19.4. The molecule has 1 aromatic rings. The molecule has 74 valence electrons. The Labute approximate surface area is 75.9 Å². The van der Waals surface area contributed by atoms with Crippen LogP contribution in [0.15, 0.2) is 23.2 Å². The minimum atomic E-state index is -4.79. The number of hydrogen-bond acceptors (Lipinski definition) is 2. The quantitative estimate of drug-likeness (QED) is 0.393. The van der Waals surface area contributed by atoms with Gasteiger partial charge in [-0.3, -0.25) is 0 Å². The topological polar surface area (TPSA) is 29.4 Å². The van der Waals surface area contributed by atoms with Crippen LogP contribution in [0.4, 0.5) is 23.2 Å². The predicted octanol–water partition coefficient (Wildman–Crippen LogP) is 2.81. The highest BCUT2D eigenvalue weighted by Crippen LogP contribution is 2.33. The lowest BCUT2D eigenvalue weighted by atomic mass is 10.2. The maximum atomic E-state index is 12.6. The molecule has 0 atom stereocenters. The number of rotatable bonds is 1. The summed E-state index contributed by atoms with van der Waals surface area (Å²) in [4.78, 5) is 12.7. The first-order valence-electron chi connectivity index (χ1n) is 3.40. The summed E-state index contributed by atoms with van der Waals surface area (Å²) < 4.78 is 48.9. The van der Waals surface area contributed by atoms with Crippen LogP contribution in [0.3, 0.4) is 0 Å². The van der Waals surface area contributed by atoms with Gasteiger partial charge in [-0.2, -0.15) is 18.2 Å². The molecule has 0 N–H and O–H groups in total. The lowest BCUT2D eigenvalue weighted by Gasteiger charge is -2.07. The van der Waals surface area contributed by atoms with E-state index in [0.29, 0.717) is 12.1 Å². The fourth-order valence-electron chi connectivity index (χ4n) is 0.853. The lowest BCUT2D eigenvalue weighted by molar-refractivity contribution is -0.139. The number of halogens is 4. The van der Waals surface area contributed by atoms with E-state index >= 15 is 0 Å². The number of nitrogens with zero attached hydrogens (tertiary/aromatic N) is 1. The van der Waals surface area contributed by atoms with Crippen molar-refractivity contribution in [3.8, 4) is 0 Å². The summed E-state index contributed by atoms with van der Waals surface area (Å²) in [6, 6.07) is 1.99. The maximum Gasteiger partial charge on any atom is 0.419 e. The summed E-state index contributed by atoms with van der Waals surface area (Å²) in [5, 5.41) is 0. The van der Waals surface area contributed by atoms with Gasteiger partial charge in [0.25, 0.3) is 0 Å².